The molecular formula is C11H9BrClNO2. The number of nitrogens with zero attached hydrogens (tertiary/aromatic N) is 1. The average Bonchev–Trinajstić information content (AvgIpc) is 2.44. The molecule has 2 rings (SSSR count). The number of imide groups is 1. The van der Waals surface area contributed by atoms with E-state index < -0.39 is 5.92 Å². The van der Waals surface area contributed by atoms with Gasteiger partial charge in [-0.25, -0.2) is 0 Å². The van der Waals surface area contributed by atoms with Crippen LogP contribution in [0.15, 0.2) is 22.7 Å². The minimum atomic E-state index is -0.396. The van der Waals surface area contributed by atoms with Crippen molar-refractivity contribution in [2.45, 2.75) is 12.3 Å². The van der Waals surface area contributed by atoms with Crippen molar-refractivity contribution in [1.29, 1.82) is 0 Å². The minimum absolute atomic E-state index is 0.147. The smallest absolute Gasteiger partial charge is 0.236 e. The van der Waals surface area contributed by atoms with E-state index in [0.29, 0.717) is 5.02 Å². The first kappa shape index (κ1) is 11.6. The lowest BCUT2D eigenvalue weighted by molar-refractivity contribution is -0.137. The lowest BCUT2D eigenvalue weighted by Gasteiger charge is -2.09. The van der Waals surface area contributed by atoms with Crippen LogP contribution in [-0.4, -0.2) is 23.8 Å². The molecule has 1 atom stereocenters. The van der Waals surface area contributed by atoms with Gasteiger partial charge in [-0.1, -0.05) is 27.5 Å². The summed E-state index contributed by atoms with van der Waals surface area (Å²) in [4.78, 5) is 24.4. The summed E-state index contributed by atoms with van der Waals surface area (Å²) in [6.07, 6.45) is 0.224. The number of amides is 2. The van der Waals surface area contributed by atoms with Crippen LogP contribution in [0.1, 0.15) is 17.9 Å². The molecule has 1 saturated heterocycles. The number of carbonyl (C=O) groups is 2. The molecule has 2 amide bonds. The Morgan fingerprint density at radius 2 is 2.06 bits per heavy atom. The van der Waals surface area contributed by atoms with Gasteiger partial charge in [0.2, 0.25) is 11.8 Å². The highest BCUT2D eigenvalue weighted by atomic mass is 79.9. The standard InChI is InChI=1S/C11H9BrClNO2/c1-14-10(15)5-9(11(14)16)6-2-7(12)4-8(13)3-6/h2-4,9H,5H2,1H3. The molecule has 0 spiro atoms. The molecule has 1 aliphatic rings. The van der Waals surface area contributed by atoms with Crippen molar-refractivity contribution in [1.82, 2.24) is 4.90 Å². The summed E-state index contributed by atoms with van der Waals surface area (Å²) in [5, 5.41) is 0.555. The summed E-state index contributed by atoms with van der Waals surface area (Å²) in [6, 6.07) is 5.29. The average molecular weight is 303 g/mol. The fourth-order valence-corrected chi connectivity index (χ4v) is 2.68. The molecule has 0 bridgehead atoms. The summed E-state index contributed by atoms with van der Waals surface area (Å²) in [5.41, 5.74) is 0.780. The van der Waals surface area contributed by atoms with E-state index in [-0.39, 0.29) is 18.2 Å². The molecule has 1 heterocycles. The predicted molar refractivity (Wildman–Crippen MR) is 64.3 cm³/mol. The molecule has 84 valence electrons. The van der Waals surface area contributed by atoms with Crippen LogP contribution in [0.4, 0.5) is 0 Å². The van der Waals surface area contributed by atoms with Crippen molar-refractivity contribution in [3.63, 3.8) is 0 Å². The van der Waals surface area contributed by atoms with Crippen LogP contribution in [0.3, 0.4) is 0 Å². The summed E-state index contributed by atoms with van der Waals surface area (Å²) < 4.78 is 0.810. The molecule has 5 heteroatoms. The van der Waals surface area contributed by atoms with E-state index in [0.717, 1.165) is 10.0 Å². The molecule has 0 aromatic heterocycles. The van der Waals surface area contributed by atoms with Gasteiger partial charge in [-0.2, -0.15) is 0 Å². The van der Waals surface area contributed by atoms with Gasteiger partial charge < -0.3 is 0 Å². The van der Waals surface area contributed by atoms with Gasteiger partial charge in [0.05, 0.1) is 5.92 Å². The van der Waals surface area contributed by atoms with Gasteiger partial charge in [0.25, 0.3) is 0 Å². The highest BCUT2D eigenvalue weighted by molar-refractivity contribution is 9.10. The van der Waals surface area contributed by atoms with E-state index in [1.807, 2.05) is 6.07 Å². The number of likely N-dealkylation sites (tertiary alicyclic amines) is 1. The Morgan fingerprint density at radius 3 is 2.56 bits per heavy atom. The number of hydrogen-bond acceptors (Lipinski definition) is 2. The number of rotatable bonds is 1. The Bertz CT molecular complexity index is 455. The summed E-state index contributed by atoms with van der Waals surface area (Å²) in [6.45, 7) is 0. The fourth-order valence-electron chi connectivity index (χ4n) is 1.79. The van der Waals surface area contributed by atoms with Crippen molar-refractivity contribution in [3.8, 4) is 0 Å². The maximum absolute atomic E-state index is 11.8. The lowest BCUT2D eigenvalue weighted by atomic mass is 9.98. The highest BCUT2D eigenvalue weighted by Crippen LogP contribution is 2.32. The van der Waals surface area contributed by atoms with Crippen LogP contribution >= 0.6 is 27.5 Å². The monoisotopic (exact) mass is 301 g/mol. The number of halogens is 2. The molecule has 0 saturated carbocycles. The van der Waals surface area contributed by atoms with E-state index in [2.05, 4.69) is 15.9 Å². The van der Waals surface area contributed by atoms with Gasteiger partial charge in [0, 0.05) is 23.0 Å². The zero-order chi connectivity index (χ0) is 11.9. The van der Waals surface area contributed by atoms with Gasteiger partial charge in [-0.15, -0.1) is 0 Å². The van der Waals surface area contributed by atoms with Crippen molar-refractivity contribution in [2.75, 3.05) is 7.05 Å². The third-order valence-corrected chi connectivity index (χ3v) is 3.34. The first-order valence-electron chi connectivity index (χ1n) is 4.75. The number of hydrogen-bond donors (Lipinski definition) is 0. The molecule has 3 nitrogen and oxygen atoms in total. The van der Waals surface area contributed by atoms with E-state index in [9.17, 15) is 9.59 Å². The normalized spacial score (nSPS) is 20.7. The van der Waals surface area contributed by atoms with Crippen molar-refractivity contribution < 1.29 is 9.59 Å². The van der Waals surface area contributed by atoms with Gasteiger partial charge >= 0.3 is 0 Å². The third kappa shape index (κ3) is 1.99. The summed E-state index contributed by atoms with van der Waals surface area (Å²) in [5.74, 6) is -0.710. The maximum Gasteiger partial charge on any atom is 0.236 e. The quantitative estimate of drug-likeness (QED) is 0.748. The fraction of sp³-hybridized carbons (Fsp3) is 0.273. The van der Waals surface area contributed by atoms with Crippen molar-refractivity contribution in [2.24, 2.45) is 0 Å². The topological polar surface area (TPSA) is 37.4 Å². The third-order valence-electron chi connectivity index (χ3n) is 2.67. The molecule has 0 radical (unpaired) electrons. The van der Waals surface area contributed by atoms with Crippen LogP contribution < -0.4 is 0 Å². The second-order valence-corrected chi connectivity index (χ2v) is 5.10. The lowest BCUT2D eigenvalue weighted by Crippen LogP contribution is -2.25. The maximum atomic E-state index is 11.8. The van der Waals surface area contributed by atoms with Crippen LogP contribution in [-0.2, 0) is 9.59 Å². The zero-order valence-corrected chi connectivity index (χ0v) is 10.9. The molecule has 1 aromatic rings. The van der Waals surface area contributed by atoms with Gasteiger partial charge in [-0.05, 0) is 23.8 Å². The van der Waals surface area contributed by atoms with Crippen LogP contribution in [0, 0.1) is 0 Å². The number of carbonyl (C=O) groups excluding carboxylic acids is 2. The molecule has 1 aliphatic heterocycles. The molecule has 1 aromatic carbocycles. The first-order chi connectivity index (χ1) is 7.49. The van der Waals surface area contributed by atoms with E-state index >= 15 is 0 Å². The van der Waals surface area contributed by atoms with Gasteiger partial charge in [0.1, 0.15) is 0 Å². The Kier molecular flexibility index (Phi) is 3.04. The second kappa shape index (κ2) is 4.18. The largest absolute Gasteiger partial charge is 0.285 e. The first-order valence-corrected chi connectivity index (χ1v) is 5.92. The Hall–Kier alpha value is -0.870. The van der Waals surface area contributed by atoms with E-state index in [1.54, 1.807) is 12.1 Å². The van der Waals surface area contributed by atoms with Crippen LogP contribution in [0.2, 0.25) is 5.02 Å². The Balaban J connectivity index is 2.38. The molecular weight excluding hydrogens is 293 g/mol. The zero-order valence-electron chi connectivity index (χ0n) is 8.54. The SMILES string of the molecule is CN1C(=O)CC(c2cc(Cl)cc(Br)c2)C1=O. The molecule has 0 N–H and O–H groups in total. The second-order valence-electron chi connectivity index (χ2n) is 3.75. The summed E-state index contributed by atoms with van der Waals surface area (Å²) in [7, 11) is 1.50. The molecule has 1 fully saturated rings. The predicted octanol–water partition coefficient (Wildman–Crippen LogP) is 2.57. The van der Waals surface area contributed by atoms with E-state index in [4.69, 9.17) is 11.6 Å². The molecule has 16 heavy (non-hydrogen) atoms. The van der Waals surface area contributed by atoms with Crippen molar-refractivity contribution >= 4 is 39.3 Å². The summed E-state index contributed by atoms with van der Waals surface area (Å²) >= 11 is 9.23. The molecule has 0 aliphatic carbocycles. The minimum Gasteiger partial charge on any atom is -0.285 e. The van der Waals surface area contributed by atoms with Crippen LogP contribution in [0.5, 0.6) is 0 Å². The van der Waals surface area contributed by atoms with Crippen molar-refractivity contribution in [3.05, 3.63) is 33.3 Å². The van der Waals surface area contributed by atoms with Crippen LogP contribution in [0.25, 0.3) is 0 Å². The Morgan fingerprint density at radius 1 is 1.38 bits per heavy atom. The highest BCUT2D eigenvalue weighted by Gasteiger charge is 2.37. The van der Waals surface area contributed by atoms with Gasteiger partial charge in [0.15, 0.2) is 0 Å². The van der Waals surface area contributed by atoms with E-state index in [1.165, 1.54) is 11.9 Å². The Labute approximate surface area is 107 Å². The number of likely N-dealkylation sites (N-methyl/N-ethyl adjacent to an activating group) is 1. The van der Waals surface area contributed by atoms with Gasteiger partial charge in [-0.3, -0.25) is 14.5 Å². The number of benzene rings is 1. The molecule has 1 unspecified atom stereocenters.